The number of nitrogens with zero attached hydrogens (tertiary/aromatic N) is 5. The van der Waals surface area contributed by atoms with Crippen LogP contribution >= 0.6 is 0 Å². The maximum absolute atomic E-state index is 12.6. The molecule has 1 aliphatic heterocycles. The van der Waals surface area contributed by atoms with Crippen LogP contribution in [0.3, 0.4) is 0 Å². The molecule has 10 heteroatoms. The van der Waals surface area contributed by atoms with Gasteiger partial charge >= 0.3 is 6.18 Å². The van der Waals surface area contributed by atoms with Crippen molar-refractivity contribution in [1.82, 2.24) is 30.0 Å². The third kappa shape index (κ3) is 4.38. The van der Waals surface area contributed by atoms with Crippen molar-refractivity contribution in [3.05, 3.63) is 30.9 Å². The first kappa shape index (κ1) is 18.6. The summed E-state index contributed by atoms with van der Waals surface area (Å²) in [5, 5.41) is 7.11. The predicted molar refractivity (Wildman–Crippen MR) is 95.7 cm³/mol. The average molecular weight is 392 g/mol. The Bertz CT molecular complexity index is 952. The molecule has 7 nitrogen and oxygen atoms in total. The summed E-state index contributed by atoms with van der Waals surface area (Å²) in [5.41, 5.74) is 1.99. The minimum atomic E-state index is -4.34. The summed E-state index contributed by atoms with van der Waals surface area (Å²) >= 11 is 0. The summed E-state index contributed by atoms with van der Waals surface area (Å²) in [6.07, 6.45) is 3.60. The second-order valence-corrected chi connectivity index (χ2v) is 6.80. The van der Waals surface area contributed by atoms with Crippen molar-refractivity contribution in [2.24, 2.45) is 5.92 Å². The minimum absolute atomic E-state index is 0.328. The molecule has 1 saturated heterocycles. The zero-order valence-corrected chi connectivity index (χ0v) is 15.0. The fourth-order valence-electron chi connectivity index (χ4n) is 3.22. The van der Waals surface area contributed by atoms with Crippen molar-refractivity contribution < 1.29 is 17.9 Å². The maximum Gasteiger partial charge on any atom is 0.408 e. The Kier molecular flexibility index (Phi) is 5.12. The van der Waals surface area contributed by atoms with Crippen LogP contribution in [-0.4, -0.2) is 50.6 Å². The Morgan fingerprint density at radius 3 is 2.89 bits per heavy atom. The fraction of sp³-hybridized carbons (Fsp3) is 0.444. The number of nitrogens with one attached hydrogen (secondary N) is 1. The van der Waals surface area contributed by atoms with Gasteiger partial charge in [0.15, 0.2) is 5.52 Å². The second-order valence-electron chi connectivity index (χ2n) is 6.80. The molecule has 1 unspecified atom stereocenters. The van der Waals surface area contributed by atoms with Crippen molar-refractivity contribution in [3.8, 4) is 17.1 Å². The van der Waals surface area contributed by atoms with Crippen molar-refractivity contribution in [2.45, 2.75) is 25.6 Å². The number of hydrogen-bond donors (Lipinski definition) is 1. The second kappa shape index (κ2) is 7.70. The van der Waals surface area contributed by atoms with Gasteiger partial charge in [0.25, 0.3) is 0 Å². The Labute approximate surface area is 159 Å². The summed E-state index contributed by atoms with van der Waals surface area (Å²) in [7, 11) is 0. The zero-order chi connectivity index (χ0) is 19.6. The highest BCUT2D eigenvalue weighted by atomic mass is 19.4. The number of piperidine rings is 1. The standard InChI is InChI=1S/C18H19F3N6O/c19-18(20,21)11-27-9-13(8-25-27)14-6-15-16(24-5-4-23-15)17(26-14)28-10-12-2-1-3-22-7-12/h4-6,8-9,12,22H,1-3,7,10-11H2. The lowest BCUT2D eigenvalue weighted by atomic mass is 10.0. The van der Waals surface area contributed by atoms with Crippen LogP contribution in [0.5, 0.6) is 5.88 Å². The molecule has 1 N–H and O–H groups in total. The lowest BCUT2D eigenvalue weighted by Gasteiger charge is -2.22. The maximum atomic E-state index is 12.6. The third-order valence-electron chi connectivity index (χ3n) is 4.55. The van der Waals surface area contributed by atoms with Gasteiger partial charge in [-0.1, -0.05) is 0 Å². The molecule has 0 amide bonds. The van der Waals surface area contributed by atoms with E-state index in [1.165, 1.54) is 12.4 Å². The van der Waals surface area contributed by atoms with Gasteiger partial charge in [0, 0.05) is 36.6 Å². The molecule has 1 aliphatic rings. The first-order chi connectivity index (χ1) is 13.5. The van der Waals surface area contributed by atoms with Crippen LogP contribution in [0, 0.1) is 5.92 Å². The fourth-order valence-corrected chi connectivity index (χ4v) is 3.22. The predicted octanol–water partition coefficient (Wildman–Crippen LogP) is 2.83. The number of ether oxygens (including phenoxy) is 1. The molecule has 0 spiro atoms. The lowest BCUT2D eigenvalue weighted by molar-refractivity contribution is -0.142. The van der Waals surface area contributed by atoms with Crippen molar-refractivity contribution >= 4 is 11.0 Å². The molecule has 0 radical (unpaired) electrons. The Morgan fingerprint density at radius 2 is 2.11 bits per heavy atom. The van der Waals surface area contributed by atoms with Crippen LogP contribution in [0.4, 0.5) is 13.2 Å². The molecular formula is C18H19F3N6O. The van der Waals surface area contributed by atoms with E-state index < -0.39 is 12.7 Å². The van der Waals surface area contributed by atoms with Gasteiger partial charge in [-0.15, -0.1) is 0 Å². The monoisotopic (exact) mass is 392 g/mol. The molecular weight excluding hydrogens is 373 g/mol. The van der Waals surface area contributed by atoms with Crippen molar-refractivity contribution in [2.75, 3.05) is 19.7 Å². The highest BCUT2D eigenvalue weighted by molar-refractivity contribution is 5.83. The first-order valence-electron chi connectivity index (χ1n) is 9.03. The SMILES string of the molecule is FC(F)(F)Cn1cc(-c2cc3nccnc3c(OCC3CCCNC3)n2)cn1. The largest absolute Gasteiger partial charge is 0.476 e. The number of alkyl halides is 3. The normalized spacial score (nSPS) is 17.8. The van der Waals surface area contributed by atoms with E-state index in [9.17, 15) is 13.2 Å². The van der Waals surface area contributed by atoms with Gasteiger partial charge in [-0.3, -0.25) is 9.67 Å². The quantitative estimate of drug-likeness (QED) is 0.720. The van der Waals surface area contributed by atoms with Gasteiger partial charge in [-0.25, -0.2) is 9.97 Å². The van der Waals surface area contributed by atoms with E-state index in [4.69, 9.17) is 4.74 Å². The number of fused-ring (bicyclic) bond motifs is 1. The molecule has 0 bridgehead atoms. The highest BCUT2D eigenvalue weighted by Gasteiger charge is 2.28. The molecule has 3 aromatic rings. The van der Waals surface area contributed by atoms with Gasteiger partial charge in [0.1, 0.15) is 6.54 Å². The van der Waals surface area contributed by atoms with Crippen LogP contribution in [0.25, 0.3) is 22.3 Å². The van der Waals surface area contributed by atoms with E-state index in [0.29, 0.717) is 40.7 Å². The Morgan fingerprint density at radius 1 is 1.25 bits per heavy atom. The molecule has 1 atom stereocenters. The first-order valence-corrected chi connectivity index (χ1v) is 9.03. The molecule has 148 valence electrons. The molecule has 0 aromatic carbocycles. The van der Waals surface area contributed by atoms with Crippen LogP contribution in [0.2, 0.25) is 0 Å². The Balaban J connectivity index is 1.62. The number of hydrogen-bond acceptors (Lipinski definition) is 6. The molecule has 0 saturated carbocycles. The molecule has 28 heavy (non-hydrogen) atoms. The van der Waals surface area contributed by atoms with Gasteiger partial charge in [0.2, 0.25) is 5.88 Å². The molecule has 0 aliphatic carbocycles. The summed E-state index contributed by atoms with van der Waals surface area (Å²) < 4.78 is 44.5. The van der Waals surface area contributed by atoms with Gasteiger partial charge < -0.3 is 10.1 Å². The number of halogens is 3. The van der Waals surface area contributed by atoms with Crippen LogP contribution < -0.4 is 10.1 Å². The number of pyridine rings is 1. The van der Waals surface area contributed by atoms with Crippen molar-refractivity contribution in [3.63, 3.8) is 0 Å². The van der Waals surface area contributed by atoms with Crippen LogP contribution in [-0.2, 0) is 6.54 Å². The summed E-state index contributed by atoms with van der Waals surface area (Å²) in [6.45, 7) is 1.23. The van der Waals surface area contributed by atoms with E-state index in [-0.39, 0.29) is 0 Å². The summed E-state index contributed by atoms with van der Waals surface area (Å²) in [6, 6.07) is 1.67. The van der Waals surface area contributed by atoms with Gasteiger partial charge in [-0.05, 0) is 25.5 Å². The summed E-state index contributed by atoms with van der Waals surface area (Å²) in [4.78, 5) is 13.1. The topological polar surface area (TPSA) is 77.8 Å². The van der Waals surface area contributed by atoms with Crippen LogP contribution in [0.15, 0.2) is 30.9 Å². The number of aromatic nitrogens is 5. The smallest absolute Gasteiger partial charge is 0.408 e. The van der Waals surface area contributed by atoms with E-state index in [2.05, 4.69) is 25.4 Å². The highest BCUT2D eigenvalue weighted by Crippen LogP contribution is 2.28. The molecule has 3 aromatic heterocycles. The van der Waals surface area contributed by atoms with E-state index in [1.807, 2.05) is 0 Å². The van der Waals surface area contributed by atoms with Crippen molar-refractivity contribution in [1.29, 1.82) is 0 Å². The zero-order valence-electron chi connectivity index (χ0n) is 15.0. The van der Waals surface area contributed by atoms with Gasteiger partial charge in [0.05, 0.1) is 24.0 Å². The van der Waals surface area contributed by atoms with E-state index >= 15 is 0 Å². The van der Waals surface area contributed by atoms with Gasteiger partial charge in [-0.2, -0.15) is 18.3 Å². The van der Waals surface area contributed by atoms with E-state index in [0.717, 1.165) is 30.6 Å². The van der Waals surface area contributed by atoms with Crippen LogP contribution in [0.1, 0.15) is 12.8 Å². The Hall–Kier alpha value is -2.75. The average Bonchev–Trinajstić information content (AvgIpc) is 3.13. The molecule has 4 heterocycles. The van der Waals surface area contributed by atoms with E-state index in [1.54, 1.807) is 18.5 Å². The number of rotatable bonds is 5. The minimum Gasteiger partial charge on any atom is -0.476 e. The molecule has 4 rings (SSSR count). The molecule has 1 fully saturated rings. The lowest BCUT2D eigenvalue weighted by Crippen LogP contribution is -2.33. The third-order valence-corrected chi connectivity index (χ3v) is 4.55. The summed E-state index contributed by atoms with van der Waals surface area (Å²) in [5.74, 6) is 0.704.